The van der Waals surface area contributed by atoms with Gasteiger partial charge in [-0.2, -0.15) is 0 Å². The fourth-order valence-electron chi connectivity index (χ4n) is 0.693. The number of nitrogens with two attached hydrogens (primary N) is 2. The van der Waals surface area contributed by atoms with Crippen LogP contribution in [-0.4, -0.2) is 29.6 Å². The molecule has 66 valence electrons. The van der Waals surface area contributed by atoms with E-state index in [4.69, 9.17) is 16.6 Å². The summed E-state index contributed by atoms with van der Waals surface area (Å²) in [5.74, 6) is -0.0470. The van der Waals surface area contributed by atoms with Crippen LogP contribution in [0.1, 0.15) is 19.8 Å². The molecule has 0 bridgehead atoms. The van der Waals surface area contributed by atoms with Gasteiger partial charge in [0.05, 0.1) is 12.1 Å². The van der Waals surface area contributed by atoms with Gasteiger partial charge in [-0.1, -0.05) is 0 Å². The SMILES string of the molecule is CC(=O)[C@H](N)CC[C@@H](O)CN. The monoisotopic (exact) mass is 160 g/mol. The molecule has 4 heteroatoms. The van der Waals surface area contributed by atoms with Gasteiger partial charge >= 0.3 is 0 Å². The van der Waals surface area contributed by atoms with Gasteiger partial charge in [0.15, 0.2) is 0 Å². The van der Waals surface area contributed by atoms with Crippen molar-refractivity contribution in [3.8, 4) is 0 Å². The highest BCUT2D eigenvalue weighted by molar-refractivity contribution is 5.81. The van der Waals surface area contributed by atoms with Crippen LogP contribution in [0.25, 0.3) is 0 Å². The van der Waals surface area contributed by atoms with Crippen molar-refractivity contribution >= 4 is 5.78 Å². The standard InChI is InChI=1S/C7H16N2O2/c1-5(10)7(9)3-2-6(11)4-8/h6-7,11H,2-4,8-9H2,1H3/t6-,7-/m1/s1. The van der Waals surface area contributed by atoms with E-state index in [1.165, 1.54) is 6.92 Å². The molecule has 0 aliphatic rings. The van der Waals surface area contributed by atoms with Crippen LogP contribution in [0.3, 0.4) is 0 Å². The Hall–Kier alpha value is -0.450. The first-order valence-corrected chi connectivity index (χ1v) is 3.72. The fraction of sp³-hybridized carbons (Fsp3) is 0.857. The Morgan fingerprint density at radius 2 is 2.09 bits per heavy atom. The second-order valence-corrected chi connectivity index (χ2v) is 2.68. The van der Waals surface area contributed by atoms with E-state index in [1.807, 2.05) is 0 Å². The topological polar surface area (TPSA) is 89.3 Å². The summed E-state index contributed by atoms with van der Waals surface area (Å²) in [4.78, 5) is 10.6. The maximum Gasteiger partial charge on any atom is 0.146 e. The second kappa shape index (κ2) is 5.23. The Morgan fingerprint density at radius 3 is 2.45 bits per heavy atom. The Kier molecular flexibility index (Phi) is 5.02. The molecule has 0 aliphatic heterocycles. The van der Waals surface area contributed by atoms with Gasteiger partial charge in [0.2, 0.25) is 0 Å². The third kappa shape index (κ3) is 4.89. The van der Waals surface area contributed by atoms with Gasteiger partial charge in [0, 0.05) is 6.54 Å². The fourth-order valence-corrected chi connectivity index (χ4v) is 0.693. The van der Waals surface area contributed by atoms with Crippen molar-refractivity contribution in [2.24, 2.45) is 11.5 Å². The normalized spacial score (nSPS) is 16.0. The number of ketones is 1. The molecule has 0 aromatic heterocycles. The van der Waals surface area contributed by atoms with Crippen LogP contribution in [0.15, 0.2) is 0 Å². The van der Waals surface area contributed by atoms with Crippen LogP contribution in [0, 0.1) is 0 Å². The van der Waals surface area contributed by atoms with Crippen LogP contribution >= 0.6 is 0 Å². The quantitative estimate of drug-likeness (QED) is 0.481. The molecule has 0 aromatic rings. The van der Waals surface area contributed by atoms with E-state index in [9.17, 15) is 4.79 Å². The second-order valence-electron chi connectivity index (χ2n) is 2.68. The Labute approximate surface area is 66.6 Å². The molecule has 0 saturated carbocycles. The Bertz CT molecular complexity index is 128. The average Bonchev–Trinajstić information content (AvgIpc) is 1.99. The first kappa shape index (κ1) is 10.6. The summed E-state index contributed by atoms with van der Waals surface area (Å²) >= 11 is 0. The summed E-state index contributed by atoms with van der Waals surface area (Å²) in [6.45, 7) is 1.67. The number of hydrogen-bond donors (Lipinski definition) is 3. The molecule has 0 heterocycles. The molecule has 4 nitrogen and oxygen atoms in total. The number of hydrogen-bond acceptors (Lipinski definition) is 4. The van der Waals surface area contributed by atoms with E-state index in [0.717, 1.165) is 0 Å². The minimum Gasteiger partial charge on any atom is -0.392 e. The van der Waals surface area contributed by atoms with E-state index >= 15 is 0 Å². The maximum absolute atomic E-state index is 10.6. The lowest BCUT2D eigenvalue weighted by Gasteiger charge is -2.10. The van der Waals surface area contributed by atoms with E-state index in [0.29, 0.717) is 12.8 Å². The zero-order chi connectivity index (χ0) is 8.85. The van der Waals surface area contributed by atoms with Gasteiger partial charge in [-0.15, -0.1) is 0 Å². The summed E-state index contributed by atoms with van der Waals surface area (Å²) in [6.07, 6.45) is 0.478. The van der Waals surface area contributed by atoms with Gasteiger partial charge in [-0.25, -0.2) is 0 Å². The van der Waals surface area contributed by atoms with Gasteiger partial charge in [0.1, 0.15) is 5.78 Å². The average molecular weight is 160 g/mol. The summed E-state index contributed by atoms with van der Waals surface area (Å²) in [6, 6.07) is -0.448. The zero-order valence-corrected chi connectivity index (χ0v) is 6.79. The molecule has 0 saturated heterocycles. The van der Waals surface area contributed by atoms with Crippen LogP contribution in [0.2, 0.25) is 0 Å². The maximum atomic E-state index is 10.6. The molecule has 0 rings (SSSR count). The Morgan fingerprint density at radius 1 is 1.55 bits per heavy atom. The number of Topliss-reactive ketones (excluding diaryl/α,β-unsaturated/α-hetero) is 1. The summed E-state index contributed by atoms with van der Waals surface area (Å²) in [7, 11) is 0. The molecule has 0 unspecified atom stereocenters. The first-order chi connectivity index (χ1) is 5.07. The summed E-state index contributed by atoms with van der Waals surface area (Å²) in [5, 5.41) is 9.00. The first-order valence-electron chi connectivity index (χ1n) is 3.72. The molecule has 0 aromatic carbocycles. The van der Waals surface area contributed by atoms with Gasteiger partial charge in [-0.3, -0.25) is 4.79 Å². The number of aliphatic hydroxyl groups is 1. The zero-order valence-electron chi connectivity index (χ0n) is 6.79. The lowest BCUT2D eigenvalue weighted by atomic mass is 10.1. The number of carbonyl (C=O) groups is 1. The van der Waals surface area contributed by atoms with Gasteiger partial charge in [0.25, 0.3) is 0 Å². The minimum absolute atomic E-state index is 0.0470. The molecule has 0 aliphatic carbocycles. The molecule has 2 atom stereocenters. The van der Waals surface area contributed by atoms with E-state index in [2.05, 4.69) is 0 Å². The van der Waals surface area contributed by atoms with Gasteiger partial charge in [-0.05, 0) is 19.8 Å². The molecule has 0 radical (unpaired) electrons. The third-order valence-corrected chi connectivity index (χ3v) is 1.61. The van der Waals surface area contributed by atoms with Crippen molar-refractivity contribution < 1.29 is 9.90 Å². The Balaban J connectivity index is 3.45. The summed E-state index contributed by atoms with van der Waals surface area (Å²) < 4.78 is 0. The number of carbonyl (C=O) groups excluding carboxylic acids is 1. The van der Waals surface area contributed by atoms with E-state index in [-0.39, 0.29) is 12.3 Å². The third-order valence-electron chi connectivity index (χ3n) is 1.61. The highest BCUT2D eigenvalue weighted by Crippen LogP contribution is 1.99. The predicted octanol–water partition coefficient (Wildman–Crippen LogP) is -0.997. The van der Waals surface area contributed by atoms with Crippen LogP contribution < -0.4 is 11.5 Å². The van der Waals surface area contributed by atoms with Crippen molar-refractivity contribution in [2.45, 2.75) is 31.9 Å². The minimum atomic E-state index is -0.527. The smallest absolute Gasteiger partial charge is 0.146 e. The van der Waals surface area contributed by atoms with E-state index in [1.54, 1.807) is 0 Å². The van der Waals surface area contributed by atoms with Crippen LogP contribution in [0.4, 0.5) is 0 Å². The highest BCUT2D eigenvalue weighted by Gasteiger charge is 2.09. The number of aliphatic hydroxyl groups excluding tert-OH is 1. The van der Waals surface area contributed by atoms with Crippen molar-refractivity contribution in [3.63, 3.8) is 0 Å². The summed E-state index contributed by atoms with van der Waals surface area (Å²) in [5.41, 5.74) is 10.6. The van der Waals surface area contributed by atoms with Crippen molar-refractivity contribution in [2.75, 3.05) is 6.54 Å². The molecule has 5 N–H and O–H groups in total. The van der Waals surface area contributed by atoms with Crippen LogP contribution in [-0.2, 0) is 4.79 Å². The van der Waals surface area contributed by atoms with Crippen molar-refractivity contribution in [1.29, 1.82) is 0 Å². The molecule has 0 spiro atoms. The molecular weight excluding hydrogens is 144 g/mol. The largest absolute Gasteiger partial charge is 0.392 e. The van der Waals surface area contributed by atoms with Gasteiger partial charge < -0.3 is 16.6 Å². The lowest BCUT2D eigenvalue weighted by Crippen LogP contribution is -2.30. The van der Waals surface area contributed by atoms with Crippen molar-refractivity contribution in [1.82, 2.24) is 0 Å². The lowest BCUT2D eigenvalue weighted by molar-refractivity contribution is -0.118. The van der Waals surface area contributed by atoms with E-state index < -0.39 is 12.1 Å². The van der Waals surface area contributed by atoms with Crippen molar-refractivity contribution in [3.05, 3.63) is 0 Å². The predicted molar refractivity (Wildman–Crippen MR) is 43.0 cm³/mol. The highest BCUT2D eigenvalue weighted by atomic mass is 16.3. The number of rotatable bonds is 5. The molecular formula is C7H16N2O2. The molecule has 11 heavy (non-hydrogen) atoms. The van der Waals surface area contributed by atoms with Crippen LogP contribution in [0.5, 0.6) is 0 Å². The molecule has 0 fully saturated rings. The molecule has 0 amide bonds.